The van der Waals surface area contributed by atoms with Crippen molar-refractivity contribution in [2.75, 3.05) is 0 Å². The Morgan fingerprint density at radius 3 is 2.58 bits per heavy atom. The van der Waals surface area contributed by atoms with Crippen LogP contribution in [0.2, 0.25) is 0 Å². The molecule has 0 unspecified atom stereocenters. The summed E-state index contributed by atoms with van der Waals surface area (Å²) in [6.07, 6.45) is 0.920. The monoisotopic (exact) mass is 263 g/mol. The van der Waals surface area contributed by atoms with Crippen LogP contribution in [0.15, 0.2) is 4.52 Å². The van der Waals surface area contributed by atoms with Crippen molar-refractivity contribution in [2.45, 2.75) is 47.2 Å². The highest BCUT2D eigenvalue weighted by Crippen LogP contribution is 2.17. The molecule has 2 aromatic rings. The van der Waals surface area contributed by atoms with E-state index >= 15 is 0 Å². The molecule has 6 nitrogen and oxygen atoms in total. The van der Waals surface area contributed by atoms with Crippen LogP contribution in [0.5, 0.6) is 0 Å². The molecule has 0 bridgehead atoms. The molecule has 0 atom stereocenters. The molecule has 0 fully saturated rings. The van der Waals surface area contributed by atoms with Gasteiger partial charge in [-0.25, -0.2) is 4.68 Å². The van der Waals surface area contributed by atoms with Gasteiger partial charge in [-0.1, -0.05) is 24.2 Å². The molecule has 104 valence electrons. The molecular formula is C13H21N5O. The van der Waals surface area contributed by atoms with E-state index in [1.54, 1.807) is 0 Å². The van der Waals surface area contributed by atoms with Crippen molar-refractivity contribution < 1.29 is 4.52 Å². The highest BCUT2D eigenvalue weighted by molar-refractivity contribution is 5.22. The lowest BCUT2D eigenvalue weighted by molar-refractivity contribution is 0.391. The Balaban J connectivity index is 2.32. The predicted octanol–water partition coefficient (Wildman–Crippen LogP) is 1.59. The van der Waals surface area contributed by atoms with Crippen molar-refractivity contribution in [3.05, 3.63) is 28.4 Å². The van der Waals surface area contributed by atoms with Crippen LogP contribution < -0.4 is 5.73 Å². The van der Waals surface area contributed by atoms with Crippen LogP contribution in [0.4, 0.5) is 0 Å². The van der Waals surface area contributed by atoms with Crippen molar-refractivity contribution >= 4 is 0 Å². The fraction of sp³-hybridized carbons (Fsp3) is 0.615. The lowest BCUT2D eigenvalue weighted by atomic mass is 10.1. The summed E-state index contributed by atoms with van der Waals surface area (Å²) in [5.41, 5.74) is 9.68. The number of rotatable bonds is 5. The number of nitrogens with zero attached hydrogens (tertiary/aromatic N) is 4. The van der Waals surface area contributed by atoms with Crippen LogP contribution in [0, 0.1) is 19.8 Å². The minimum absolute atomic E-state index is 0.420. The average Bonchev–Trinajstić information content (AvgIpc) is 2.87. The maximum Gasteiger partial charge on any atom is 0.138 e. The number of aryl methyl sites for hydroxylation is 2. The molecule has 2 rings (SSSR count). The molecule has 6 heteroatoms. The highest BCUT2D eigenvalue weighted by atomic mass is 16.5. The van der Waals surface area contributed by atoms with Crippen LogP contribution in [-0.4, -0.2) is 20.2 Å². The zero-order valence-corrected chi connectivity index (χ0v) is 12.0. The van der Waals surface area contributed by atoms with Crippen LogP contribution in [0.25, 0.3) is 0 Å². The molecule has 0 saturated heterocycles. The molecule has 0 aliphatic rings. The van der Waals surface area contributed by atoms with Gasteiger partial charge in [-0.2, -0.15) is 0 Å². The number of hydrogen-bond donors (Lipinski definition) is 1. The van der Waals surface area contributed by atoms with Gasteiger partial charge in [0.1, 0.15) is 5.76 Å². The van der Waals surface area contributed by atoms with Gasteiger partial charge in [-0.15, -0.1) is 5.10 Å². The first-order chi connectivity index (χ1) is 9.02. The zero-order valence-electron chi connectivity index (χ0n) is 12.0. The standard InChI is InChI=1S/C13H21N5O/c1-8(2)5-13-12(6-14)15-17-18(13)7-11-9(3)16-19-10(11)4/h8H,5-7,14H2,1-4H3. The second-order valence-electron chi connectivity index (χ2n) is 5.25. The van der Waals surface area contributed by atoms with E-state index in [4.69, 9.17) is 10.3 Å². The van der Waals surface area contributed by atoms with Crippen LogP contribution in [0.1, 0.15) is 42.3 Å². The molecule has 0 spiro atoms. The Hall–Kier alpha value is -1.69. The Kier molecular flexibility index (Phi) is 3.99. The van der Waals surface area contributed by atoms with E-state index in [1.165, 1.54) is 0 Å². The fourth-order valence-corrected chi connectivity index (χ4v) is 2.14. The van der Waals surface area contributed by atoms with Crippen LogP contribution >= 0.6 is 0 Å². The first kappa shape index (κ1) is 13.7. The summed E-state index contributed by atoms with van der Waals surface area (Å²) in [7, 11) is 0. The fourth-order valence-electron chi connectivity index (χ4n) is 2.14. The predicted molar refractivity (Wildman–Crippen MR) is 71.5 cm³/mol. The molecule has 0 amide bonds. The normalized spacial score (nSPS) is 11.5. The van der Waals surface area contributed by atoms with Gasteiger partial charge in [-0.3, -0.25) is 0 Å². The molecule has 2 aromatic heterocycles. The summed E-state index contributed by atoms with van der Waals surface area (Å²) in [5, 5.41) is 12.3. The average molecular weight is 263 g/mol. The van der Waals surface area contributed by atoms with E-state index in [2.05, 4.69) is 29.3 Å². The van der Waals surface area contributed by atoms with Crippen molar-refractivity contribution in [3.63, 3.8) is 0 Å². The lowest BCUT2D eigenvalue weighted by Crippen LogP contribution is -2.12. The molecule has 19 heavy (non-hydrogen) atoms. The van der Waals surface area contributed by atoms with E-state index in [-0.39, 0.29) is 0 Å². The van der Waals surface area contributed by atoms with Gasteiger partial charge in [0.25, 0.3) is 0 Å². The van der Waals surface area contributed by atoms with Crippen LogP contribution in [0.3, 0.4) is 0 Å². The number of nitrogens with two attached hydrogens (primary N) is 1. The summed E-state index contributed by atoms with van der Waals surface area (Å²) in [4.78, 5) is 0. The minimum Gasteiger partial charge on any atom is -0.361 e. The van der Waals surface area contributed by atoms with Crippen molar-refractivity contribution in [2.24, 2.45) is 11.7 Å². The summed E-state index contributed by atoms with van der Waals surface area (Å²) in [6.45, 7) is 9.26. The molecule has 0 aliphatic heterocycles. The Bertz CT molecular complexity index is 536. The summed E-state index contributed by atoms with van der Waals surface area (Å²) < 4.78 is 7.10. The number of aromatic nitrogens is 4. The van der Waals surface area contributed by atoms with E-state index in [9.17, 15) is 0 Å². The summed E-state index contributed by atoms with van der Waals surface area (Å²) >= 11 is 0. The summed E-state index contributed by atoms with van der Waals surface area (Å²) in [5.74, 6) is 1.37. The quantitative estimate of drug-likeness (QED) is 0.885. The molecule has 0 radical (unpaired) electrons. The van der Waals surface area contributed by atoms with Gasteiger partial charge in [0.2, 0.25) is 0 Å². The Morgan fingerprint density at radius 2 is 2.05 bits per heavy atom. The van der Waals surface area contributed by atoms with Crippen molar-refractivity contribution in [1.82, 2.24) is 20.2 Å². The Morgan fingerprint density at radius 1 is 1.32 bits per heavy atom. The van der Waals surface area contributed by atoms with Crippen molar-refractivity contribution in [1.29, 1.82) is 0 Å². The first-order valence-electron chi connectivity index (χ1n) is 6.56. The zero-order chi connectivity index (χ0) is 14.0. The molecular weight excluding hydrogens is 242 g/mol. The topological polar surface area (TPSA) is 82.8 Å². The summed E-state index contributed by atoms with van der Waals surface area (Å²) in [6, 6.07) is 0. The number of hydrogen-bond acceptors (Lipinski definition) is 5. The third kappa shape index (κ3) is 2.84. The van der Waals surface area contributed by atoms with Crippen molar-refractivity contribution in [3.8, 4) is 0 Å². The second kappa shape index (κ2) is 5.52. The van der Waals surface area contributed by atoms with Gasteiger partial charge < -0.3 is 10.3 Å². The van der Waals surface area contributed by atoms with Gasteiger partial charge >= 0.3 is 0 Å². The van der Waals surface area contributed by atoms with E-state index in [0.29, 0.717) is 19.0 Å². The molecule has 0 saturated carbocycles. The molecule has 0 aliphatic carbocycles. The van der Waals surface area contributed by atoms with Gasteiger partial charge in [0, 0.05) is 12.1 Å². The van der Waals surface area contributed by atoms with E-state index in [1.807, 2.05) is 18.5 Å². The third-order valence-corrected chi connectivity index (χ3v) is 3.20. The van der Waals surface area contributed by atoms with E-state index < -0.39 is 0 Å². The SMILES string of the molecule is Cc1noc(C)c1Cn1nnc(CN)c1CC(C)C. The largest absolute Gasteiger partial charge is 0.361 e. The highest BCUT2D eigenvalue weighted by Gasteiger charge is 2.16. The third-order valence-electron chi connectivity index (χ3n) is 3.20. The van der Waals surface area contributed by atoms with Crippen LogP contribution in [-0.2, 0) is 19.5 Å². The van der Waals surface area contributed by atoms with Gasteiger partial charge in [0.05, 0.1) is 23.6 Å². The van der Waals surface area contributed by atoms with Gasteiger partial charge in [-0.05, 0) is 26.2 Å². The lowest BCUT2D eigenvalue weighted by Gasteiger charge is -2.09. The minimum atomic E-state index is 0.420. The second-order valence-corrected chi connectivity index (χ2v) is 5.25. The smallest absolute Gasteiger partial charge is 0.138 e. The maximum absolute atomic E-state index is 5.73. The first-order valence-corrected chi connectivity index (χ1v) is 6.56. The van der Waals surface area contributed by atoms with Gasteiger partial charge in [0.15, 0.2) is 0 Å². The molecule has 2 heterocycles. The molecule has 0 aromatic carbocycles. The van der Waals surface area contributed by atoms with E-state index in [0.717, 1.165) is 34.8 Å². The molecule has 2 N–H and O–H groups in total. The maximum atomic E-state index is 5.73. The Labute approximate surface area is 113 Å².